The highest BCUT2D eigenvalue weighted by Crippen LogP contribution is 2.21. The van der Waals surface area contributed by atoms with E-state index in [0.29, 0.717) is 13.1 Å². The molecule has 0 unspecified atom stereocenters. The summed E-state index contributed by atoms with van der Waals surface area (Å²) >= 11 is 0. The molecule has 1 aromatic rings. The molecule has 0 radical (unpaired) electrons. The second-order valence-corrected chi connectivity index (χ2v) is 6.82. The molecule has 2 amide bonds. The maximum Gasteiger partial charge on any atom is 0.225 e. The molecule has 7 nitrogen and oxygen atoms in total. The topological polar surface area (TPSA) is 69.9 Å². The van der Waals surface area contributed by atoms with Gasteiger partial charge < -0.3 is 14.3 Å². The third-order valence-electron chi connectivity index (χ3n) is 5.03. The molecule has 0 spiro atoms. The fourth-order valence-electron chi connectivity index (χ4n) is 3.54. The molecule has 1 aromatic heterocycles. The van der Waals surface area contributed by atoms with Crippen LogP contribution in [0.4, 0.5) is 0 Å². The van der Waals surface area contributed by atoms with E-state index in [1.165, 1.54) is 0 Å². The molecule has 3 rings (SSSR count). The van der Waals surface area contributed by atoms with Crippen LogP contribution in [0, 0.1) is 12.8 Å². The Morgan fingerprint density at radius 3 is 2.33 bits per heavy atom. The highest BCUT2D eigenvalue weighted by molar-refractivity contribution is 5.79. The average Bonchev–Trinajstić information content (AvgIpc) is 3.00. The number of carbonyl (C=O) groups is 2. The summed E-state index contributed by atoms with van der Waals surface area (Å²) in [5.41, 5.74) is 0.899. The normalized spacial score (nSPS) is 20.4. The van der Waals surface area contributed by atoms with Crippen LogP contribution in [-0.4, -0.2) is 70.9 Å². The Morgan fingerprint density at radius 2 is 1.79 bits per heavy atom. The van der Waals surface area contributed by atoms with Crippen molar-refractivity contribution in [3.8, 4) is 0 Å². The van der Waals surface area contributed by atoms with Crippen LogP contribution in [0.25, 0.3) is 0 Å². The molecule has 0 N–H and O–H groups in total. The third-order valence-corrected chi connectivity index (χ3v) is 5.03. The van der Waals surface area contributed by atoms with Gasteiger partial charge in [-0.1, -0.05) is 5.16 Å². The van der Waals surface area contributed by atoms with Gasteiger partial charge in [0, 0.05) is 58.2 Å². The number of carbonyl (C=O) groups excluding carboxylic acids is 2. The van der Waals surface area contributed by atoms with Crippen LogP contribution in [0.15, 0.2) is 10.6 Å². The van der Waals surface area contributed by atoms with Crippen LogP contribution in [-0.2, 0) is 16.1 Å². The Morgan fingerprint density at radius 1 is 1.12 bits per heavy atom. The molecule has 2 saturated heterocycles. The number of hydrogen-bond donors (Lipinski definition) is 0. The molecule has 0 bridgehead atoms. The number of amides is 2. The maximum atomic E-state index is 12.7. The molecule has 7 heteroatoms. The molecule has 2 fully saturated rings. The van der Waals surface area contributed by atoms with E-state index in [1.54, 1.807) is 6.92 Å². The summed E-state index contributed by atoms with van der Waals surface area (Å²) in [4.78, 5) is 30.2. The lowest BCUT2D eigenvalue weighted by molar-refractivity contribution is -0.141. The standard InChI is InChI=1S/C17H26N4O3/c1-13-11-16(24-18-13)12-19-7-9-21(10-8-19)17(23)15-3-5-20(6-4-15)14(2)22/h11,15H,3-10,12H2,1-2H3. The quantitative estimate of drug-likeness (QED) is 0.821. The fraction of sp³-hybridized carbons (Fsp3) is 0.706. The van der Waals surface area contributed by atoms with E-state index in [1.807, 2.05) is 22.8 Å². The molecule has 24 heavy (non-hydrogen) atoms. The molecule has 0 aliphatic carbocycles. The van der Waals surface area contributed by atoms with Crippen LogP contribution in [0.1, 0.15) is 31.2 Å². The van der Waals surface area contributed by atoms with Crippen LogP contribution < -0.4 is 0 Å². The van der Waals surface area contributed by atoms with Gasteiger partial charge in [-0.2, -0.15) is 0 Å². The van der Waals surface area contributed by atoms with Crippen molar-refractivity contribution < 1.29 is 14.1 Å². The molecule has 3 heterocycles. The van der Waals surface area contributed by atoms with Gasteiger partial charge in [0.05, 0.1) is 12.2 Å². The Bertz CT molecular complexity index is 584. The van der Waals surface area contributed by atoms with Gasteiger partial charge in [-0.05, 0) is 19.8 Å². The number of piperazine rings is 1. The zero-order valence-corrected chi connectivity index (χ0v) is 14.5. The summed E-state index contributed by atoms with van der Waals surface area (Å²) in [5.74, 6) is 1.32. The summed E-state index contributed by atoms with van der Waals surface area (Å²) in [7, 11) is 0. The zero-order chi connectivity index (χ0) is 17.1. The highest BCUT2D eigenvalue weighted by Gasteiger charge is 2.31. The monoisotopic (exact) mass is 334 g/mol. The van der Waals surface area contributed by atoms with E-state index in [-0.39, 0.29) is 17.7 Å². The summed E-state index contributed by atoms with van der Waals surface area (Å²) in [6.07, 6.45) is 1.58. The lowest BCUT2D eigenvalue weighted by Gasteiger charge is -2.38. The Labute approximate surface area is 142 Å². The van der Waals surface area contributed by atoms with Gasteiger partial charge in [0.15, 0.2) is 5.76 Å². The first kappa shape index (κ1) is 17.0. The number of nitrogens with zero attached hydrogens (tertiary/aromatic N) is 4. The summed E-state index contributed by atoms with van der Waals surface area (Å²) in [6.45, 7) is 8.92. The number of aromatic nitrogens is 1. The number of aryl methyl sites for hydroxylation is 1. The van der Waals surface area contributed by atoms with Crippen molar-refractivity contribution in [3.05, 3.63) is 17.5 Å². The summed E-state index contributed by atoms with van der Waals surface area (Å²) < 4.78 is 5.26. The molecule has 2 aliphatic heterocycles. The first-order valence-corrected chi connectivity index (χ1v) is 8.72. The van der Waals surface area contributed by atoms with E-state index in [2.05, 4.69) is 10.1 Å². The number of rotatable bonds is 3. The van der Waals surface area contributed by atoms with Crippen molar-refractivity contribution in [2.75, 3.05) is 39.3 Å². The molecular formula is C17H26N4O3. The second kappa shape index (κ2) is 7.34. The Hall–Kier alpha value is -1.89. The fourth-order valence-corrected chi connectivity index (χ4v) is 3.54. The van der Waals surface area contributed by atoms with Crippen molar-refractivity contribution in [1.82, 2.24) is 19.9 Å². The summed E-state index contributed by atoms with van der Waals surface area (Å²) in [5, 5.41) is 3.91. The van der Waals surface area contributed by atoms with Gasteiger partial charge in [0.25, 0.3) is 0 Å². The average molecular weight is 334 g/mol. The Kier molecular flexibility index (Phi) is 5.18. The van der Waals surface area contributed by atoms with Gasteiger partial charge in [-0.15, -0.1) is 0 Å². The molecule has 2 aliphatic rings. The largest absolute Gasteiger partial charge is 0.360 e. The number of piperidine rings is 1. The van der Waals surface area contributed by atoms with Gasteiger partial charge in [-0.3, -0.25) is 14.5 Å². The second-order valence-electron chi connectivity index (χ2n) is 6.82. The molecule has 132 valence electrons. The maximum absolute atomic E-state index is 12.7. The highest BCUT2D eigenvalue weighted by atomic mass is 16.5. The van der Waals surface area contributed by atoms with E-state index in [4.69, 9.17) is 4.52 Å². The smallest absolute Gasteiger partial charge is 0.225 e. The summed E-state index contributed by atoms with van der Waals surface area (Å²) in [6, 6.07) is 1.96. The molecule has 0 saturated carbocycles. The lowest BCUT2D eigenvalue weighted by atomic mass is 9.95. The van der Waals surface area contributed by atoms with Crippen molar-refractivity contribution in [2.45, 2.75) is 33.2 Å². The van der Waals surface area contributed by atoms with Gasteiger partial charge in [0.1, 0.15) is 0 Å². The van der Waals surface area contributed by atoms with Crippen LogP contribution in [0.2, 0.25) is 0 Å². The minimum absolute atomic E-state index is 0.0732. The van der Waals surface area contributed by atoms with Gasteiger partial charge >= 0.3 is 0 Å². The predicted molar refractivity (Wildman–Crippen MR) is 88.1 cm³/mol. The number of hydrogen-bond acceptors (Lipinski definition) is 5. The molecule has 0 aromatic carbocycles. The first-order valence-electron chi connectivity index (χ1n) is 8.72. The third kappa shape index (κ3) is 3.95. The van der Waals surface area contributed by atoms with Crippen molar-refractivity contribution in [2.24, 2.45) is 5.92 Å². The molecule has 0 atom stereocenters. The van der Waals surface area contributed by atoms with E-state index < -0.39 is 0 Å². The van der Waals surface area contributed by atoms with Crippen molar-refractivity contribution in [3.63, 3.8) is 0 Å². The predicted octanol–water partition coefficient (Wildman–Crippen LogP) is 0.886. The Balaban J connectivity index is 1.44. The lowest BCUT2D eigenvalue weighted by Crippen LogP contribution is -2.51. The van der Waals surface area contributed by atoms with Gasteiger partial charge in [-0.25, -0.2) is 0 Å². The van der Waals surface area contributed by atoms with E-state index >= 15 is 0 Å². The van der Waals surface area contributed by atoms with E-state index in [0.717, 1.165) is 57.0 Å². The minimum Gasteiger partial charge on any atom is -0.360 e. The molecular weight excluding hydrogens is 308 g/mol. The minimum atomic E-state index is 0.0732. The number of likely N-dealkylation sites (tertiary alicyclic amines) is 1. The van der Waals surface area contributed by atoms with Gasteiger partial charge in [0.2, 0.25) is 11.8 Å². The zero-order valence-electron chi connectivity index (χ0n) is 14.5. The van der Waals surface area contributed by atoms with E-state index in [9.17, 15) is 9.59 Å². The van der Waals surface area contributed by atoms with Crippen LogP contribution in [0.3, 0.4) is 0 Å². The van der Waals surface area contributed by atoms with Crippen LogP contribution >= 0.6 is 0 Å². The van der Waals surface area contributed by atoms with Crippen molar-refractivity contribution in [1.29, 1.82) is 0 Å². The van der Waals surface area contributed by atoms with Crippen molar-refractivity contribution >= 4 is 11.8 Å². The first-order chi connectivity index (χ1) is 11.5. The SMILES string of the molecule is CC(=O)N1CCC(C(=O)N2CCN(Cc3cc(C)no3)CC2)CC1. The van der Waals surface area contributed by atoms with Crippen LogP contribution in [0.5, 0.6) is 0 Å².